The van der Waals surface area contributed by atoms with Gasteiger partial charge in [-0.3, -0.25) is 0 Å². The van der Waals surface area contributed by atoms with Crippen molar-refractivity contribution in [3.8, 4) is 0 Å². The second-order valence-corrected chi connectivity index (χ2v) is 18.9. The third kappa shape index (κ3) is 14.7. The lowest BCUT2D eigenvalue weighted by Gasteiger charge is -2.31. The molecule has 0 aromatic rings. The molecule has 0 fully saturated rings. The monoisotopic (exact) mass is 566 g/mol. The van der Waals surface area contributed by atoms with Gasteiger partial charge in [0.1, 0.15) is 0 Å². The third-order valence-corrected chi connectivity index (χ3v) is 17.3. The van der Waals surface area contributed by atoms with Crippen LogP contribution in [0.3, 0.4) is 0 Å². The van der Waals surface area contributed by atoms with Crippen molar-refractivity contribution < 1.29 is 38.7 Å². The van der Waals surface area contributed by atoms with Crippen molar-refractivity contribution in [3.63, 3.8) is 0 Å². The number of halogens is 2. The molecule has 0 aliphatic rings. The summed E-state index contributed by atoms with van der Waals surface area (Å²) in [7, 11) is 0.436. The molecule has 0 aliphatic heterocycles. The average Bonchev–Trinajstić information content (AvgIpc) is 2.55. The normalized spacial score (nSPS) is 13.0. The highest BCUT2D eigenvalue weighted by atomic mass is 79.9. The Kier molecular flexibility index (Phi) is 25.8. The SMILES string of the molecule is CC[P+](CC(C)C)(CC(C)C)CC(C)C.CC[P+](CC)(CC)C(C)OC.[Br-].[Br-]. The van der Waals surface area contributed by atoms with Crippen LogP contribution in [-0.4, -0.2) is 56.1 Å². The summed E-state index contributed by atoms with van der Waals surface area (Å²) in [5.74, 6) is 3.16. The number of hydrogen-bond acceptors (Lipinski definition) is 1. The molecule has 0 aromatic heterocycles. The van der Waals surface area contributed by atoms with Crippen LogP contribution in [-0.2, 0) is 4.74 Å². The second kappa shape index (κ2) is 19.5. The zero-order valence-corrected chi connectivity index (χ0v) is 26.3. The summed E-state index contributed by atoms with van der Waals surface area (Å²) in [6.07, 6.45) is 9.99. The molecule has 0 aliphatic carbocycles. The van der Waals surface area contributed by atoms with Crippen LogP contribution in [0.15, 0.2) is 0 Å². The summed E-state index contributed by atoms with van der Waals surface area (Å²) in [4.78, 5) is 0. The van der Waals surface area contributed by atoms with Crippen LogP contribution in [0, 0.1) is 17.8 Å². The Morgan fingerprint density at radius 1 is 0.571 bits per heavy atom. The Balaban J connectivity index is -0.000000200. The minimum absolute atomic E-state index is 0. The van der Waals surface area contributed by atoms with Gasteiger partial charge in [0, 0.05) is 21.6 Å². The molecule has 0 N–H and O–H groups in total. The second-order valence-electron chi connectivity index (χ2n) is 9.39. The maximum atomic E-state index is 5.44. The van der Waals surface area contributed by atoms with E-state index in [4.69, 9.17) is 4.74 Å². The van der Waals surface area contributed by atoms with E-state index >= 15 is 0 Å². The first-order valence-electron chi connectivity index (χ1n) is 11.2. The molecule has 0 rings (SSSR count). The summed E-state index contributed by atoms with van der Waals surface area (Å²) in [5.41, 5.74) is 0. The van der Waals surface area contributed by atoms with Crippen molar-refractivity contribution in [2.45, 2.75) is 82.0 Å². The van der Waals surface area contributed by atoms with Crippen molar-refractivity contribution in [1.29, 1.82) is 0 Å². The molecule has 1 unspecified atom stereocenters. The van der Waals surface area contributed by atoms with Gasteiger partial charge in [0.05, 0.1) is 43.1 Å². The molecule has 1 nitrogen and oxygen atoms in total. The lowest BCUT2D eigenvalue weighted by Crippen LogP contribution is -3.00. The van der Waals surface area contributed by atoms with Crippen LogP contribution in [0.1, 0.15) is 76.2 Å². The van der Waals surface area contributed by atoms with Crippen molar-refractivity contribution in [2.75, 3.05) is 50.2 Å². The number of methoxy groups -OCH3 is 1. The van der Waals surface area contributed by atoms with E-state index in [2.05, 4.69) is 76.2 Å². The zero-order valence-electron chi connectivity index (χ0n) is 21.3. The summed E-state index contributed by atoms with van der Waals surface area (Å²) in [6, 6.07) is 0. The smallest absolute Gasteiger partial charge is 0.163 e. The third-order valence-electron chi connectivity index (χ3n) is 5.93. The standard InChI is InChI=1S/C14H32P.C9H22OP.2BrH/c1-8-15(9-12(2)3,10-13(4)5)11-14(6)7;1-6-11(7-2,8-3)9(4)10-5;;/h12-14H,8-11H2,1-7H3;9H,6-8H2,1-5H3;2*1H/q2*+1;;/p-2. The maximum Gasteiger partial charge on any atom is 0.163 e. The van der Waals surface area contributed by atoms with E-state index in [1.54, 1.807) is 0 Å². The van der Waals surface area contributed by atoms with Crippen molar-refractivity contribution >= 4 is 14.5 Å². The lowest BCUT2D eigenvalue weighted by molar-refractivity contribution is -0.00100. The molecule has 0 radical (unpaired) electrons. The first-order valence-corrected chi connectivity index (χ1v) is 16.2. The molecule has 0 aromatic carbocycles. The van der Waals surface area contributed by atoms with E-state index in [9.17, 15) is 0 Å². The molecule has 0 heterocycles. The van der Waals surface area contributed by atoms with Crippen LogP contribution in [0.4, 0.5) is 0 Å². The van der Waals surface area contributed by atoms with Gasteiger partial charge in [-0.15, -0.1) is 0 Å². The predicted molar refractivity (Wildman–Crippen MR) is 132 cm³/mol. The largest absolute Gasteiger partial charge is 1.00 e. The van der Waals surface area contributed by atoms with Crippen LogP contribution in [0.25, 0.3) is 0 Å². The van der Waals surface area contributed by atoms with E-state index < -0.39 is 14.5 Å². The Morgan fingerprint density at radius 2 is 0.857 bits per heavy atom. The molecule has 28 heavy (non-hydrogen) atoms. The van der Waals surface area contributed by atoms with Crippen LogP contribution in [0.5, 0.6) is 0 Å². The lowest BCUT2D eigenvalue weighted by atomic mass is 10.3. The van der Waals surface area contributed by atoms with E-state index in [1.165, 1.54) is 43.1 Å². The van der Waals surface area contributed by atoms with Gasteiger partial charge < -0.3 is 38.7 Å². The van der Waals surface area contributed by atoms with E-state index in [1.807, 2.05) is 7.11 Å². The van der Waals surface area contributed by atoms with Gasteiger partial charge in [-0.2, -0.15) is 0 Å². The first kappa shape index (κ1) is 37.1. The average molecular weight is 568 g/mol. The fourth-order valence-electron chi connectivity index (χ4n) is 4.60. The number of hydrogen-bond donors (Lipinski definition) is 0. The molecular weight excluding hydrogens is 514 g/mol. The minimum atomic E-state index is -0.752. The molecule has 0 saturated carbocycles. The van der Waals surface area contributed by atoms with Gasteiger partial charge in [0.2, 0.25) is 0 Å². The van der Waals surface area contributed by atoms with Gasteiger partial charge in [0.15, 0.2) is 5.85 Å². The van der Waals surface area contributed by atoms with Crippen molar-refractivity contribution in [1.82, 2.24) is 0 Å². The van der Waals surface area contributed by atoms with Gasteiger partial charge >= 0.3 is 0 Å². The predicted octanol–water partition coefficient (Wildman–Crippen LogP) is 2.06. The Labute approximate surface area is 202 Å². The number of rotatable bonds is 12. The molecular formula is C23H54Br2OP2. The van der Waals surface area contributed by atoms with Gasteiger partial charge in [0.25, 0.3) is 0 Å². The van der Waals surface area contributed by atoms with Gasteiger partial charge in [-0.05, 0) is 52.4 Å². The van der Waals surface area contributed by atoms with Crippen LogP contribution >= 0.6 is 14.5 Å². The molecule has 0 spiro atoms. The van der Waals surface area contributed by atoms with E-state index in [0.717, 1.165) is 17.8 Å². The zero-order chi connectivity index (χ0) is 21.0. The summed E-state index contributed by atoms with van der Waals surface area (Å²) in [6.45, 7) is 25.9. The Morgan fingerprint density at radius 3 is 0.964 bits per heavy atom. The summed E-state index contributed by atoms with van der Waals surface area (Å²) >= 11 is 0. The quantitative estimate of drug-likeness (QED) is 0.328. The number of ether oxygens (including phenoxy) is 1. The van der Waals surface area contributed by atoms with Gasteiger partial charge in [-0.25, -0.2) is 0 Å². The molecule has 1 atom stereocenters. The first-order chi connectivity index (χ1) is 12.0. The highest BCUT2D eigenvalue weighted by Crippen LogP contribution is 2.62. The molecule has 5 heteroatoms. The Bertz CT molecular complexity index is 298. The summed E-state index contributed by atoms with van der Waals surface area (Å²) < 4.78 is 5.44. The maximum absolute atomic E-state index is 5.44. The molecule has 176 valence electrons. The molecule has 0 saturated heterocycles. The minimum Gasteiger partial charge on any atom is -1.00 e. The van der Waals surface area contributed by atoms with Crippen LogP contribution < -0.4 is 34.0 Å². The Hall–Kier alpha value is 1.78. The molecule has 0 amide bonds. The fourth-order valence-corrected chi connectivity index (χ4v) is 13.8. The van der Waals surface area contributed by atoms with E-state index in [0.29, 0.717) is 5.85 Å². The fraction of sp³-hybridized carbons (Fsp3) is 1.00. The highest BCUT2D eigenvalue weighted by molar-refractivity contribution is 7.76. The van der Waals surface area contributed by atoms with Gasteiger partial charge in [-0.1, -0.05) is 41.5 Å². The van der Waals surface area contributed by atoms with E-state index in [-0.39, 0.29) is 34.0 Å². The van der Waals surface area contributed by atoms with Crippen molar-refractivity contribution in [2.24, 2.45) is 17.8 Å². The summed E-state index contributed by atoms with van der Waals surface area (Å²) in [5, 5.41) is 0. The molecule has 0 bridgehead atoms. The topological polar surface area (TPSA) is 9.23 Å². The van der Waals surface area contributed by atoms with Crippen LogP contribution in [0.2, 0.25) is 0 Å². The highest BCUT2D eigenvalue weighted by Gasteiger charge is 2.38. The van der Waals surface area contributed by atoms with Crippen molar-refractivity contribution in [3.05, 3.63) is 0 Å².